The molecule has 0 heteroatoms. The zero-order valence-corrected chi connectivity index (χ0v) is 49.1. The summed E-state index contributed by atoms with van der Waals surface area (Å²) >= 11 is 0. The third kappa shape index (κ3) is 11.8. The number of hydrogen-bond acceptors (Lipinski definition) is 0. The van der Waals surface area contributed by atoms with Crippen LogP contribution in [0.1, 0.15) is 77.9 Å². The quantitative estimate of drug-likeness (QED) is 0.142. The van der Waals surface area contributed by atoms with E-state index in [-0.39, 0.29) is 0 Å². The monoisotopic (exact) mass is 1110 g/mol. The van der Waals surface area contributed by atoms with Crippen LogP contribution in [-0.2, 0) is 44.9 Å². The van der Waals surface area contributed by atoms with E-state index in [4.69, 9.17) is 0 Å². The molecule has 0 fully saturated rings. The maximum atomic E-state index is 2.22. The highest BCUT2D eigenvalue weighted by atomic mass is 14.2. The average molecular weight is 1110 g/mol. The highest BCUT2D eigenvalue weighted by Gasteiger charge is 2.21. The van der Waals surface area contributed by atoms with E-state index in [1.807, 2.05) is 0 Å². The lowest BCUT2D eigenvalue weighted by molar-refractivity contribution is 1.26. The Morgan fingerprint density at radius 2 is 0.276 bits per heavy atom. The van der Waals surface area contributed by atoms with Gasteiger partial charge in [-0.3, -0.25) is 0 Å². The van der Waals surface area contributed by atoms with Gasteiger partial charge in [0.15, 0.2) is 0 Å². The van der Waals surface area contributed by atoms with Gasteiger partial charge in [-0.05, 0) is 190 Å². The Labute approximate surface area is 514 Å². The second kappa shape index (κ2) is 25.4. The minimum Gasteiger partial charge on any atom is -0.0795 e. The van der Waals surface area contributed by atoms with Crippen molar-refractivity contribution in [3.05, 3.63) is 399 Å². The summed E-state index contributed by atoms with van der Waals surface area (Å²) in [5.74, 6) is 0. The van der Waals surface area contributed by atoms with E-state index < -0.39 is 0 Å². The van der Waals surface area contributed by atoms with E-state index in [9.17, 15) is 0 Å². The topological polar surface area (TPSA) is 0 Å². The predicted molar refractivity (Wildman–Crippen MR) is 367 cm³/mol. The molecule has 0 saturated heterocycles. The Balaban J connectivity index is 0.0000000896. The van der Waals surface area contributed by atoms with E-state index in [1.54, 1.807) is 0 Å². The van der Waals surface area contributed by atoms with Crippen molar-refractivity contribution in [1.29, 1.82) is 0 Å². The van der Waals surface area contributed by atoms with Gasteiger partial charge in [-0.1, -0.05) is 328 Å². The van der Waals surface area contributed by atoms with Crippen molar-refractivity contribution in [3.8, 4) is 66.8 Å². The molecule has 0 unspecified atom stereocenters. The Morgan fingerprint density at radius 1 is 0.138 bits per heavy atom. The van der Waals surface area contributed by atoms with Gasteiger partial charge in [0.1, 0.15) is 0 Å². The lowest BCUT2D eigenvalue weighted by Crippen LogP contribution is -1.77. The molecule has 20 rings (SSSR count). The molecule has 13 aromatic rings. The van der Waals surface area contributed by atoms with Crippen molar-refractivity contribution in [1.82, 2.24) is 0 Å². The van der Waals surface area contributed by atoms with Crippen LogP contribution < -0.4 is 0 Å². The summed E-state index contributed by atoms with van der Waals surface area (Å²) in [5, 5.41) is 0. The second-order valence-corrected chi connectivity index (χ2v) is 23.3. The summed E-state index contributed by atoms with van der Waals surface area (Å²) in [6, 6.07) is 112. The zero-order chi connectivity index (χ0) is 58.1. The maximum Gasteiger partial charge on any atom is -0.00135 e. The summed E-state index contributed by atoms with van der Waals surface area (Å²) in [7, 11) is 0. The van der Waals surface area contributed by atoms with Crippen molar-refractivity contribution in [2.75, 3.05) is 0 Å². The number of fused-ring (bicyclic) bond motifs is 19. The van der Waals surface area contributed by atoms with Gasteiger partial charge >= 0.3 is 0 Å². The van der Waals surface area contributed by atoms with Crippen LogP contribution in [-0.4, -0.2) is 0 Å². The van der Waals surface area contributed by atoms with Gasteiger partial charge in [0.05, 0.1) is 0 Å². The van der Waals surface area contributed by atoms with Crippen LogP contribution in [0.25, 0.3) is 72.8 Å². The van der Waals surface area contributed by atoms with E-state index in [0.29, 0.717) is 0 Å². The van der Waals surface area contributed by atoms with Crippen LogP contribution >= 0.6 is 0 Å². The Bertz CT molecular complexity index is 3670. The smallest absolute Gasteiger partial charge is 0.00135 e. The molecule has 13 aromatic carbocycles. The van der Waals surface area contributed by atoms with E-state index >= 15 is 0 Å². The van der Waals surface area contributed by atoms with Crippen LogP contribution in [0.4, 0.5) is 0 Å². The fraction of sp³-hybridized carbons (Fsp3) is 0.0805. The first-order chi connectivity index (χ1) is 43.2. The van der Waals surface area contributed by atoms with Crippen molar-refractivity contribution in [2.45, 2.75) is 44.9 Å². The summed E-state index contributed by atoms with van der Waals surface area (Å²) in [6.07, 6.45) is 12.1. The first-order valence-corrected chi connectivity index (χ1v) is 30.9. The van der Waals surface area contributed by atoms with Crippen molar-refractivity contribution >= 4 is 6.08 Å². The van der Waals surface area contributed by atoms with Crippen LogP contribution in [0.3, 0.4) is 0 Å². The van der Waals surface area contributed by atoms with Gasteiger partial charge in [0, 0.05) is 0 Å². The number of hydrogen-bond donors (Lipinski definition) is 0. The van der Waals surface area contributed by atoms with Crippen LogP contribution in [0.15, 0.2) is 322 Å². The van der Waals surface area contributed by atoms with E-state index in [0.717, 1.165) is 44.9 Å². The zero-order valence-electron chi connectivity index (χ0n) is 49.1. The molecule has 7 aliphatic carbocycles. The van der Waals surface area contributed by atoms with E-state index in [2.05, 4.69) is 328 Å². The highest BCUT2D eigenvalue weighted by Crippen LogP contribution is 2.41. The van der Waals surface area contributed by atoms with Crippen molar-refractivity contribution in [3.63, 3.8) is 0 Å². The molecule has 416 valence electrons. The molecule has 0 radical (unpaired) electrons. The number of rotatable bonds is 0. The second-order valence-electron chi connectivity index (χ2n) is 23.3. The molecule has 0 amide bonds. The molecule has 0 heterocycles. The minimum atomic E-state index is 1.10. The number of allylic oxidation sites excluding steroid dienone is 1. The lowest BCUT2D eigenvalue weighted by Gasteiger charge is -1.98. The highest BCUT2D eigenvalue weighted by molar-refractivity contribution is 5.81. The molecule has 0 aliphatic heterocycles. The molecule has 87 heavy (non-hydrogen) atoms. The van der Waals surface area contributed by atoms with Gasteiger partial charge in [-0.2, -0.15) is 0 Å². The summed E-state index contributed by atoms with van der Waals surface area (Å²) in [4.78, 5) is 0. The SMILES string of the molecule is C1=Cc2ccccc2C1.c1ccc2c(c1)Cc1ccccc1-2.c1ccc2c(c1)Cc1ccccc1-2.c1ccc2c(c1)Cc1ccccc1-2.c1ccc2c(c1)Cc1ccccc1-2.c1ccc2c(c1)Cc1ccccc1-2.c1ccc2c(c1)Cc1ccccc1-2. The largest absolute Gasteiger partial charge is 0.0795 e. The van der Waals surface area contributed by atoms with Gasteiger partial charge in [-0.15, -0.1) is 0 Å². The van der Waals surface area contributed by atoms with Gasteiger partial charge in [-0.25, -0.2) is 0 Å². The first-order valence-electron chi connectivity index (χ1n) is 30.9. The normalized spacial score (nSPS) is 12.5. The minimum absolute atomic E-state index is 1.10. The fourth-order valence-electron chi connectivity index (χ4n) is 13.7. The summed E-state index contributed by atoms with van der Waals surface area (Å²) in [5.41, 5.74) is 37.4. The molecule has 7 aliphatic rings. The average Bonchev–Trinajstić information content (AvgIpc) is 4.32. The van der Waals surface area contributed by atoms with Gasteiger partial charge < -0.3 is 0 Å². The Kier molecular flexibility index (Phi) is 15.9. The molecule has 0 spiro atoms. The first kappa shape index (κ1) is 54.5. The van der Waals surface area contributed by atoms with Gasteiger partial charge in [0.2, 0.25) is 0 Å². The molecule has 0 nitrogen and oxygen atoms in total. The molecular weight excluding hydrogens is 1040 g/mol. The summed E-state index contributed by atoms with van der Waals surface area (Å²) < 4.78 is 0. The van der Waals surface area contributed by atoms with Crippen molar-refractivity contribution in [2.24, 2.45) is 0 Å². The molecule has 0 bridgehead atoms. The molecule has 0 aromatic heterocycles. The Morgan fingerprint density at radius 3 is 0.437 bits per heavy atom. The third-order valence-corrected chi connectivity index (χ3v) is 17.9. The lowest BCUT2D eigenvalue weighted by atomic mass is 10.1. The van der Waals surface area contributed by atoms with E-state index in [1.165, 1.54) is 145 Å². The van der Waals surface area contributed by atoms with Crippen LogP contribution in [0, 0.1) is 0 Å². The Hall–Kier alpha value is -10.4. The maximum absolute atomic E-state index is 2.22. The molecule has 0 N–H and O–H groups in total. The van der Waals surface area contributed by atoms with Crippen LogP contribution in [0.2, 0.25) is 0 Å². The molecular formula is C87H68. The molecule has 0 saturated carbocycles. The molecule has 0 atom stereocenters. The van der Waals surface area contributed by atoms with Crippen molar-refractivity contribution < 1.29 is 0 Å². The van der Waals surface area contributed by atoms with Crippen LogP contribution in [0.5, 0.6) is 0 Å². The third-order valence-electron chi connectivity index (χ3n) is 17.9. The standard InChI is InChI=1S/6C13H10.C9H8/c6*1-3-7-12-10(5-1)9-11-6-2-4-8-13(11)12;1-2-5-9-7-3-6-8(9)4-1/h6*1-8H,9H2;1-6H,7H2. The fourth-order valence-corrected chi connectivity index (χ4v) is 13.7. The number of benzene rings is 13. The van der Waals surface area contributed by atoms with Gasteiger partial charge in [0.25, 0.3) is 0 Å². The predicted octanol–water partition coefficient (Wildman–Crippen LogP) is 21.8. The summed E-state index contributed by atoms with van der Waals surface area (Å²) in [6.45, 7) is 0.